The molecule has 0 unspecified atom stereocenters. The Balaban J connectivity index is 1.95. The van der Waals surface area contributed by atoms with E-state index in [1.165, 1.54) is 25.9 Å². The molecule has 3 aromatic rings. The summed E-state index contributed by atoms with van der Waals surface area (Å²) in [5, 5.41) is -0.0316. The lowest BCUT2D eigenvalue weighted by Crippen LogP contribution is -2.42. The van der Waals surface area contributed by atoms with Crippen molar-refractivity contribution in [3.63, 3.8) is 0 Å². The third-order valence-electron chi connectivity index (χ3n) is 4.23. The molecule has 0 aliphatic heterocycles. The lowest BCUT2D eigenvalue weighted by Gasteiger charge is -2.13. The van der Waals surface area contributed by atoms with Crippen LogP contribution >= 0.6 is 11.8 Å². The van der Waals surface area contributed by atoms with Crippen molar-refractivity contribution in [1.82, 2.24) is 19.1 Å². The van der Waals surface area contributed by atoms with Crippen LogP contribution in [0.4, 0.5) is 5.82 Å². The summed E-state index contributed by atoms with van der Waals surface area (Å²) < 4.78 is 1.97. The molecule has 0 aliphatic carbocycles. The molecule has 0 spiro atoms. The molecule has 1 aromatic carbocycles. The zero-order chi connectivity index (χ0) is 19.2. The number of nitrogens with two attached hydrogens (primary N) is 1. The van der Waals surface area contributed by atoms with Crippen LogP contribution in [0.15, 0.2) is 32.9 Å². The topological polar surface area (TPSA) is 116 Å². The number of nitrogens with zero attached hydrogens (tertiary/aromatic N) is 3. The van der Waals surface area contributed by atoms with Crippen LogP contribution in [-0.4, -0.2) is 30.1 Å². The first-order valence-electron chi connectivity index (χ1n) is 7.93. The normalized spacial score (nSPS) is 12.5. The fraction of sp³-hybridized carbons (Fsp3) is 0.294. The highest BCUT2D eigenvalue weighted by molar-refractivity contribution is 8.00. The molecule has 0 saturated carbocycles. The average Bonchev–Trinajstić information content (AvgIpc) is 2.99. The predicted molar refractivity (Wildman–Crippen MR) is 102 cm³/mol. The van der Waals surface area contributed by atoms with Gasteiger partial charge in [0.05, 0.1) is 16.3 Å². The molecule has 8 nitrogen and oxygen atoms in total. The number of H-pyrrole nitrogens is 1. The van der Waals surface area contributed by atoms with Gasteiger partial charge in [0.25, 0.3) is 5.56 Å². The van der Waals surface area contributed by atoms with Crippen molar-refractivity contribution in [3.8, 4) is 0 Å². The van der Waals surface area contributed by atoms with Crippen LogP contribution in [0.5, 0.6) is 0 Å². The molecule has 2 heterocycles. The van der Waals surface area contributed by atoms with E-state index < -0.39 is 22.3 Å². The van der Waals surface area contributed by atoms with Crippen molar-refractivity contribution >= 4 is 34.4 Å². The van der Waals surface area contributed by atoms with Crippen LogP contribution in [0.25, 0.3) is 11.0 Å². The van der Waals surface area contributed by atoms with E-state index in [0.717, 1.165) is 25.7 Å². The number of ketones is 1. The van der Waals surface area contributed by atoms with Gasteiger partial charge in [-0.25, -0.2) is 9.78 Å². The molecule has 0 bridgehead atoms. The molecular formula is C17H19N5O3S. The number of rotatable bonds is 4. The SMILES string of the molecule is Cc1ccc2nc(S[C@@H](C)C(=O)c3c(N)n(C)c(=O)n(C)c3=O)[nH]c2c1. The molecule has 0 amide bonds. The van der Waals surface area contributed by atoms with Crippen LogP contribution in [0.3, 0.4) is 0 Å². The van der Waals surface area contributed by atoms with Gasteiger partial charge < -0.3 is 10.7 Å². The molecule has 0 radical (unpaired) electrons. The van der Waals surface area contributed by atoms with Gasteiger partial charge in [-0.2, -0.15) is 0 Å². The molecule has 26 heavy (non-hydrogen) atoms. The van der Waals surface area contributed by atoms with Crippen molar-refractivity contribution in [3.05, 3.63) is 50.2 Å². The molecule has 0 saturated heterocycles. The molecule has 0 fully saturated rings. The summed E-state index contributed by atoms with van der Waals surface area (Å²) in [6, 6.07) is 5.83. The Morgan fingerprint density at radius 2 is 1.96 bits per heavy atom. The Labute approximate surface area is 153 Å². The van der Waals surface area contributed by atoms with E-state index in [9.17, 15) is 14.4 Å². The quantitative estimate of drug-likeness (QED) is 0.525. The second-order valence-electron chi connectivity index (χ2n) is 6.15. The summed E-state index contributed by atoms with van der Waals surface area (Å²) >= 11 is 1.20. The average molecular weight is 373 g/mol. The van der Waals surface area contributed by atoms with E-state index >= 15 is 0 Å². The summed E-state index contributed by atoms with van der Waals surface area (Å²) in [5.74, 6) is -0.573. The number of aryl methyl sites for hydroxylation is 1. The summed E-state index contributed by atoms with van der Waals surface area (Å²) in [6.45, 7) is 3.66. The molecule has 3 N–H and O–H groups in total. The van der Waals surface area contributed by atoms with E-state index in [1.54, 1.807) is 6.92 Å². The minimum Gasteiger partial charge on any atom is -0.384 e. The summed E-state index contributed by atoms with van der Waals surface area (Å²) in [6.07, 6.45) is 0. The van der Waals surface area contributed by atoms with Crippen molar-refractivity contribution in [2.24, 2.45) is 14.1 Å². The summed E-state index contributed by atoms with van der Waals surface area (Å²) in [4.78, 5) is 44.7. The van der Waals surface area contributed by atoms with Crippen LogP contribution in [-0.2, 0) is 14.1 Å². The van der Waals surface area contributed by atoms with E-state index in [-0.39, 0.29) is 11.4 Å². The molecule has 3 rings (SSSR count). The first kappa shape index (κ1) is 18.0. The van der Waals surface area contributed by atoms with Crippen molar-refractivity contribution < 1.29 is 4.79 Å². The smallest absolute Gasteiger partial charge is 0.332 e. The van der Waals surface area contributed by atoms with Gasteiger partial charge in [-0.1, -0.05) is 17.8 Å². The number of Topliss-reactive ketones (excluding diaryl/α,β-unsaturated/α-hetero) is 1. The number of fused-ring (bicyclic) bond motifs is 1. The van der Waals surface area contributed by atoms with Crippen LogP contribution in [0.2, 0.25) is 0 Å². The molecular weight excluding hydrogens is 354 g/mol. The maximum Gasteiger partial charge on any atom is 0.332 e. The Morgan fingerprint density at radius 3 is 2.65 bits per heavy atom. The lowest BCUT2D eigenvalue weighted by molar-refractivity contribution is 0.0992. The van der Waals surface area contributed by atoms with E-state index in [2.05, 4.69) is 9.97 Å². The highest BCUT2D eigenvalue weighted by Gasteiger charge is 2.26. The maximum absolute atomic E-state index is 12.8. The van der Waals surface area contributed by atoms with Gasteiger partial charge in [0.15, 0.2) is 10.9 Å². The number of hydrogen-bond donors (Lipinski definition) is 2. The van der Waals surface area contributed by atoms with Crippen molar-refractivity contribution in [1.29, 1.82) is 0 Å². The first-order valence-corrected chi connectivity index (χ1v) is 8.81. The van der Waals surface area contributed by atoms with Crippen molar-refractivity contribution in [2.45, 2.75) is 24.3 Å². The Kier molecular flexibility index (Phi) is 4.49. The van der Waals surface area contributed by atoms with Crippen LogP contribution in [0.1, 0.15) is 22.8 Å². The lowest BCUT2D eigenvalue weighted by atomic mass is 10.1. The number of nitrogens with one attached hydrogen (secondary N) is 1. The number of thioether (sulfide) groups is 1. The van der Waals surface area contributed by atoms with Gasteiger partial charge in [-0.15, -0.1) is 0 Å². The summed E-state index contributed by atoms with van der Waals surface area (Å²) in [7, 11) is 2.74. The molecule has 2 aromatic heterocycles. The number of carbonyl (C=O) groups excluding carboxylic acids is 1. The molecule has 9 heteroatoms. The fourth-order valence-electron chi connectivity index (χ4n) is 2.67. The number of nitrogen functional groups attached to an aromatic ring is 1. The minimum atomic E-state index is -0.691. The second-order valence-corrected chi connectivity index (χ2v) is 7.48. The zero-order valence-corrected chi connectivity index (χ0v) is 15.7. The second kappa shape index (κ2) is 6.49. The monoisotopic (exact) mass is 373 g/mol. The Morgan fingerprint density at radius 1 is 1.27 bits per heavy atom. The fourth-order valence-corrected chi connectivity index (χ4v) is 3.55. The van der Waals surface area contributed by atoms with E-state index in [4.69, 9.17) is 5.73 Å². The number of aromatic amines is 1. The van der Waals surface area contributed by atoms with Gasteiger partial charge >= 0.3 is 5.69 Å². The highest BCUT2D eigenvalue weighted by Crippen LogP contribution is 2.26. The van der Waals surface area contributed by atoms with Gasteiger partial charge in [-0.3, -0.25) is 18.7 Å². The number of hydrogen-bond acceptors (Lipinski definition) is 6. The first-order chi connectivity index (χ1) is 12.2. The number of anilines is 1. The van der Waals surface area contributed by atoms with Crippen molar-refractivity contribution in [2.75, 3.05) is 5.73 Å². The Bertz CT molecular complexity index is 1140. The third-order valence-corrected chi connectivity index (χ3v) is 5.21. The minimum absolute atomic E-state index is 0.129. The largest absolute Gasteiger partial charge is 0.384 e. The van der Waals surface area contributed by atoms with E-state index in [0.29, 0.717) is 5.16 Å². The highest BCUT2D eigenvalue weighted by atomic mass is 32.2. The van der Waals surface area contributed by atoms with Crippen LogP contribution < -0.4 is 17.0 Å². The standard InChI is InChI=1S/C17H19N5O3S/c1-8-5-6-10-11(7-8)20-16(19-10)26-9(2)13(23)12-14(18)21(3)17(25)22(4)15(12)24/h5-7,9H,18H2,1-4H3,(H,19,20)/t9-/m0/s1. The van der Waals surface area contributed by atoms with Gasteiger partial charge in [0.2, 0.25) is 0 Å². The van der Waals surface area contributed by atoms with Gasteiger partial charge in [0.1, 0.15) is 11.4 Å². The summed E-state index contributed by atoms with van der Waals surface area (Å²) in [5.41, 5.74) is 7.20. The third kappa shape index (κ3) is 2.94. The predicted octanol–water partition coefficient (Wildman–Crippen LogP) is 1.21. The molecule has 0 aliphatic rings. The van der Waals surface area contributed by atoms with E-state index in [1.807, 2.05) is 25.1 Å². The zero-order valence-electron chi connectivity index (χ0n) is 14.9. The van der Waals surface area contributed by atoms with Crippen LogP contribution in [0, 0.1) is 6.92 Å². The molecule has 136 valence electrons. The molecule has 1 atom stereocenters. The number of benzene rings is 1. The van der Waals surface area contributed by atoms with Gasteiger partial charge in [0, 0.05) is 14.1 Å². The number of aromatic nitrogens is 4. The number of imidazole rings is 1. The van der Waals surface area contributed by atoms with Gasteiger partial charge in [-0.05, 0) is 31.5 Å². The Hall–Kier alpha value is -2.81. The number of carbonyl (C=O) groups is 1. The maximum atomic E-state index is 12.8.